The summed E-state index contributed by atoms with van der Waals surface area (Å²) in [7, 11) is 3.26. The predicted molar refractivity (Wildman–Crippen MR) is 116 cm³/mol. The standard InChI is InChI=1S/C25H25NO4/c1-26(17-22-10-6-7-11-23(22)29-2)24(27)18-30-25(28)16-19-12-14-21(15-13-19)20-8-4-3-5-9-20/h3-15H,16-18H2,1-2H3. The molecule has 3 aromatic carbocycles. The van der Waals surface area contributed by atoms with E-state index in [9.17, 15) is 9.59 Å². The van der Waals surface area contributed by atoms with E-state index in [1.54, 1.807) is 14.2 Å². The summed E-state index contributed by atoms with van der Waals surface area (Å²) in [6.45, 7) is 0.0912. The van der Waals surface area contributed by atoms with E-state index < -0.39 is 5.97 Å². The molecule has 3 aromatic rings. The lowest BCUT2D eigenvalue weighted by molar-refractivity contribution is -0.151. The quantitative estimate of drug-likeness (QED) is 0.531. The molecule has 30 heavy (non-hydrogen) atoms. The van der Waals surface area contributed by atoms with Gasteiger partial charge in [0.05, 0.1) is 13.5 Å². The number of hydrogen-bond donors (Lipinski definition) is 0. The molecular formula is C25H25NO4. The molecule has 5 nitrogen and oxygen atoms in total. The maximum atomic E-state index is 12.3. The Morgan fingerprint density at radius 1 is 0.833 bits per heavy atom. The zero-order valence-electron chi connectivity index (χ0n) is 17.2. The van der Waals surface area contributed by atoms with Crippen LogP contribution in [0, 0.1) is 0 Å². The van der Waals surface area contributed by atoms with Gasteiger partial charge < -0.3 is 14.4 Å². The van der Waals surface area contributed by atoms with Crippen molar-refractivity contribution in [3.05, 3.63) is 90.0 Å². The highest BCUT2D eigenvalue weighted by atomic mass is 16.5. The van der Waals surface area contributed by atoms with Crippen LogP contribution in [0.4, 0.5) is 0 Å². The van der Waals surface area contributed by atoms with Gasteiger partial charge in [0.1, 0.15) is 5.75 Å². The van der Waals surface area contributed by atoms with Crippen LogP contribution in [0.5, 0.6) is 5.75 Å². The van der Waals surface area contributed by atoms with Crippen molar-refractivity contribution in [2.24, 2.45) is 0 Å². The number of methoxy groups -OCH3 is 1. The second-order valence-corrected chi connectivity index (χ2v) is 6.96. The Balaban J connectivity index is 1.48. The highest BCUT2D eigenvalue weighted by Crippen LogP contribution is 2.20. The van der Waals surface area contributed by atoms with E-state index >= 15 is 0 Å². The Labute approximate surface area is 176 Å². The maximum absolute atomic E-state index is 12.3. The molecule has 0 fully saturated rings. The van der Waals surface area contributed by atoms with Crippen LogP contribution in [-0.4, -0.2) is 37.5 Å². The van der Waals surface area contributed by atoms with Crippen LogP contribution in [0.25, 0.3) is 11.1 Å². The van der Waals surface area contributed by atoms with E-state index in [1.807, 2.05) is 78.9 Å². The molecule has 0 aromatic heterocycles. The van der Waals surface area contributed by atoms with Crippen molar-refractivity contribution in [3.8, 4) is 16.9 Å². The van der Waals surface area contributed by atoms with E-state index in [0.717, 1.165) is 22.3 Å². The highest BCUT2D eigenvalue weighted by Gasteiger charge is 2.14. The van der Waals surface area contributed by atoms with Gasteiger partial charge in [-0.2, -0.15) is 0 Å². The van der Waals surface area contributed by atoms with Crippen molar-refractivity contribution >= 4 is 11.9 Å². The predicted octanol–water partition coefficient (Wildman–Crippen LogP) is 4.11. The molecule has 0 spiro atoms. The van der Waals surface area contributed by atoms with Crippen LogP contribution in [0.15, 0.2) is 78.9 Å². The minimum absolute atomic E-state index is 0.124. The number of carbonyl (C=O) groups excluding carboxylic acids is 2. The van der Waals surface area contributed by atoms with Crippen LogP contribution in [0.2, 0.25) is 0 Å². The maximum Gasteiger partial charge on any atom is 0.310 e. The molecule has 0 atom stereocenters. The van der Waals surface area contributed by atoms with E-state index in [1.165, 1.54) is 4.90 Å². The van der Waals surface area contributed by atoms with Gasteiger partial charge in [0.25, 0.3) is 5.91 Å². The number of carbonyl (C=O) groups is 2. The van der Waals surface area contributed by atoms with Crippen LogP contribution in [0.1, 0.15) is 11.1 Å². The molecule has 0 aliphatic carbocycles. The molecule has 1 amide bonds. The third kappa shape index (κ3) is 5.70. The summed E-state index contributed by atoms with van der Waals surface area (Å²) in [6, 6.07) is 25.3. The number of nitrogens with zero attached hydrogens (tertiary/aromatic N) is 1. The summed E-state index contributed by atoms with van der Waals surface area (Å²) < 4.78 is 10.5. The first-order valence-electron chi connectivity index (χ1n) is 9.72. The molecule has 0 saturated heterocycles. The van der Waals surface area contributed by atoms with Crippen molar-refractivity contribution in [1.29, 1.82) is 0 Å². The van der Waals surface area contributed by atoms with Gasteiger partial charge in [-0.05, 0) is 22.8 Å². The monoisotopic (exact) mass is 403 g/mol. The molecule has 0 saturated carbocycles. The molecule has 5 heteroatoms. The van der Waals surface area contributed by atoms with Crippen LogP contribution < -0.4 is 4.74 Å². The molecule has 0 unspecified atom stereocenters. The van der Waals surface area contributed by atoms with Crippen LogP contribution >= 0.6 is 0 Å². The second kappa shape index (κ2) is 10.3. The van der Waals surface area contributed by atoms with Crippen LogP contribution in [0.3, 0.4) is 0 Å². The fraction of sp³-hybridized carbons (Fsp3) is 0.200. The van der Waals surface area contributed by atoms with Gasteiger partial charge in [-0.25, -0.2) is 0 Å². The minimum Gasteiger partial charge on any atom is -0.496 e. The number of para-hydroxylation sites is 1. The third-order valence-electron chi connectivity index (χ3n) is 4.79. The molecule has 0 N–H and O–H groups in total. The Morgan fingerprint density at radius 3 is 2.17 bits per heavy atom. The number of hydrogen-bond acceptors (Lipinski definition) is 4. The minimum atomic E-state index is -0.429. The summed E-state index contributed by atoms with van der Waals surface area (Å²) in [4.78, 5) is 26.0. The topological polar surface area (TPSA) is 55.8 Å². The number of esters is 1. The lowest BCUT2D eigenvalue weighted by Crippen LogP contribution is -2.31. The molecule has 154 valence electrons. The van der Waals surface area contributed by atoms with Gasteiger partial charge >= 0.3 is 5.97 Å². The first-order valence-corrected chi connectivity index (χ1v) is 9.72. The van der Waals surface area contributed by atoms with Gasteiger partial charge in [0.2, 0.25) is 0 Å². The molecule has 0 aliphatic rings. The molecule has 3 rings (SSSR count). The van der Waals surface area contributed by atoms with Crippen molar-refractivity contribution in [2.75, 3.05) is 20.8 Å². The normalized spacial score (nSPS) is 10.3. The first-order chi connectivity index (χ1) is 14.6. The number of benzene rings is 3. The summed E-state index contributed by atoms with van der Waals surface area (Å²) in [6.07, 6.45) is 0.124. The summed E-state index contributed by atoms with van der Waals surface area (Å²) in [5.74, 6) is 0.0169. The van der Waals surface area contributed by atoms with Gasteiger partial charge in [-0.15, -0.1) is 0 Å². The lowest BCUT2D eigenvalue weighted by atomic mass is 10.0. The fourth-order valence-corrected chi connectivity index (χ4v) is 3.09. The highest BCUT2D eigenvalue weighted by molar-refractivity contribution is 5.81. The smallest absolute Gasteiger partial charge is 0.310 e. The van der Waals surface area contributed by atoms with Gasteiger partial charge in [-0.3, -0.25) is 9.59 Å². The fourth-order valence-electron chi connectivity index (χ4n) is 3.09. The Bertz CT molecular complexity index is 984. The Kier molecular flexibility index (Phi) is 7.22. The summed E-state index contributed by atoms with van der Waals surface area (Å²) in [5, 5.41) is 0. The molecule has 0 aliphatic heterocycles. The second-order valence-electron chi connectivity index (χ2n) is 6.96. The van der Waals surface area contributed by atoms with Crippen molar-refractivity contribution in [2.45, 2.75) is 13.0 Å². The Morgan fingerprint density at radius 2 is 1.47 bits per heavy atom. The number of amides is 1. The summed E-state index contributed by atoms with van der Waals surface area (Å²) >= 11 is 0. The number of rotatable bonds is 8. The largest absolute Gasteiger partial charge is 0.496 e. The number of ether oxygens (including phenoxy) is 2. The van der Waals surface area contributed by atoms with Crippen molar-refractivity contribution in [1.82, 2.24) is 4.90 Å². The van der Waals surface area contributed by atoms with Crippen molar-refractivity contribution in [3.63, 3.8) is 0 Å². The van der Waals surface area contributed by atoms with E-state index in [-0.39, 0.29) is 18.9 Å². The molecule has 0 radical (unpaired) electrons. The SMILES string of the molecule is COc1ccccc1CN(C)C(=O)COC(=O)Cc1ccc(-c2ccccc2)cc1. The zero-order chi connectivity index (χ0) is 21.3. The van der Waals surface area contributed by atoms with Gasteiger partial charge in [0.15, 0.2) is 6.61 Å². The zero-order valence-corrected chi connectivity index (χ0v) is 17.2. The van der Waals surface area contributed by atoms with Crippen LogP contribution in [-0.2, 0) is 27.3 Å². The average molecular weight is 403 g/mol. The van der Waals surface area contributed by atoms with Crippen molar-refractivity contribution < 1.29 is 19.1 Å². The average Bonchev–Trinajstić information content (AvgIpc) is 2.79. The van der Waals surface area contributed by atoms with Gasteiger partial charge in [0, 0.05) is 19.2 Å². The lowest BCUT2D eigenvalue weighted by Gasteiger charge is -2.18. The van der Waals surface area contributed by atoms with E-state index in [2.05, 4.69) is 0 Å². The summed E-state index contributed by atoms with van der Waals surface area (Å²) in [5.41, 5.74) is 3.94. The molecular weight excluding hydrogens is 378 g/mol. The third-order valence-corrected chi connectivity index (χ3v) is 4.79. The van der Waals surface area contributed by atoms with E-state index in [4.69, 9.17) is 9.47 Å². The first kappa shape index (κ1) is 21.1. The molecule has 0 bridgehead atoms. The molecule has 0 heterocycles. The Hall–Kier alpha value is -3.60. The number of likely N-dealkylation sites (N-methyl/N-ethyl adjacent to an activating group) is 1. The van der Waals surface area contributed by atoms with Gasteiger partial charge in [-0.1, -0.05) is 72.8 Å². The van der Waals surface area contributed by atoms with E-state index in [0.29, 0.717) is 12.3 Å².